The maximum Gasteiger partial charge on any atom is 0.265 e. The van der Waals surface area contributed by atoms with E-state index >= 15 is 0 Å². The van der Waals surface area contributed by atoms with Crippen LogP contribution < -0.4 is 72.5 Å². The van der Waals surface area contributed by atoms with Crippen molar-refractivity contribution < 1.29 is 0 Å². The van der Waals surface area contributed by atoms with Crippen molar-refractivity contribution in [3.8, 4) is 0 Å². The van der Waals surface area contributed by atoms with Crippen LogP contribution in [0.3, 0.4) is 0 Å². The fraction of sp³-hybridized carbons (Fsp3) is 0.375. The zero-order valence-corrected chi connectivity index (χ0v) is 30.2. The summed E-state index contributed by atoms with van der Waals surface area (Å²) in [5, 5.41) is 41.5. The van der Waals surface area contributed by atoms with Crippen LogP contribution in [0.1, 0.15) is 45.8 Å². The second-order valence-corrected chi connectivity index (χ2v) is 12.1. The van der Waals surface area contributed by atoms with Crippen LogP contribution in [-0.2, 0) is 0 Å². The fourth-order valence-corrected chi connectivity index (χ4v) is 4.57. The minimum atomic E-state index is -0.646. The first kappa shape index (κ1) is 38.4. The molecule has 0 radical (unpaired) electrons. The topological polar surface area (TPSA) is 467 Å². The van der Waals surface area contributed by atoms with Crippen molar-refractivity contribution in [2.24, 2.45) is 65.1 Å². The van der Waals surface area contributed by atoms with Crippen LogP contribution in [0.25, 0.3) is 11.4 Å². The van der Waals surface area contributed by atoms with Gasteiger partial charge in [-0.05, 0) is 33.3 Å². The standard InChI is InChI=1S/C24H43N31/c1-6-9(2)53(50-32)22-39-21(46-47-22)37-15(27)42-44-19(31)55-17(29)38-23(49-55)52(33)8-10(25)12-35-20(45-40-12)36-14(26)41-43-18(30)54-16(28)34-13(48-54)11-7-24(3,4)51(11)5/h7-9,22,32,47H,6,25,33H2,1-5H3,(H2,30,43)(H2,31,44)(H2,28,34,48)(H2,29,38,49)(H4,27,37,39,42,46)(H4,26,35,36,40,41,45)/b10-8-,50-32?. The molecule has 0 spiro atoms. The summed E-state index contributed by atoms with van der Waals surface area (Å²) in [5.74, 6) is 5.47. The monoisotopic (exact) mass is 765 g/mol. The molecule has 0 aromatic carbocycles. The fourth-order valence-electron chi connectivity index (χ4n) is 4.57. The predicted molar refractivity (Wildman–Crippen MR) is 202 cm³/mol. The lowest BCUT2D eigenvalue weighted by Gasteiger charge is -2.44. The van der Waals surface area contributed by atoms with E-state index in [9.17, 15) is 0 Å². The highest BCUT2D eigenvalue weighted by atomic mass is 15.7. The molecular formula is C24H43N31. The van der Waals surface area contributed by atoms with Crippen molar-refractivity contribution in [3.05, 3.63) is 23.9 Å². The molecule has 294 valence electrons. The molecule has 0 saturated heterocycles. The van der Waals surface area contributed by atoms with Crippen molar-refractivity contribution in [2.45, 2.75) is 52.0 Å². The number of anilines is 4. The lowest BCUT2D eigenvalue weighted by molar-refractivity contribution is 0.111. The highest BCUT2D eigenvalue weighted by Gasteiger charge is 2.36. The van der Waals surface area contributed by atoms with Gasteiger partial charge in [-0.3, -0.25) is 21.1 Å². The Kier molecular flexibility index (Phi) is 10.8. The Balaban J connectivity index is 1.18. The summed E-state index contributed by atoms with van der Waals surface area (Å²) in [6, 6.07) is -0.0465. The average Bonchev–Trinajstić information content (AvgIpc) is 3.96. The summed E-state index contributed by atoms with van der Waals surface area (Å²) in [5.41, 5.74) is 55.6. The van der Waals surface area contributed by atoms with Gasteiger partial charge in [0.15, 0.2) is 11.6 Å². The second-order valence-electron chi connectivity index (χ2n) is 12.1. The van der Waals surface area contributed by atoms with E-state index in [1.807, 2.05) is 45.7 Å². The van der Waals surface area contributed by atoms with Gasteiger partial charge in [0.2, 0.25) is 53.9 Å². The minimum absolute atomic E-state index is 0.00507. The second kappa shape index (κ2) is 15.4. The Morgan fingerprint density at radius 2 is 1.64 bits per heavy atom. The molecule has 2 atom stereocenters. The normalized spacial score (nSPS) is 18.3. The van der Waals surface area contributed by atoms with Gasteiger partial charge in [-0.15, -0.1) is 30.6 Å². The highest BCUT2D eigenvalue weighted by molar-refractivity contribution is 5.98. The van der Waals surface area contributed by atoms with Crippen molar-refractivity contribution >= 4 is 65.0 Å². The number of guanidine groups is 3. The minimum Gasteiger partial charge on any atom is -0.394 e. The van der Waals surface area contributed by atoms with E-state index in [2.05, 4.69) is 87.5 Å². The molecule has 2 aliphatic rings. The number of rotatable bonds is 11. The van der Waals surface area contributed by atoms with Crippen LogP contribution in [0.15, 0.2) is 42.9 Å². The lowest BCUT2D eigenvalue weighted by atomic mass is 9.92. The van der Waals surface area contributed by atoms with Crippen molar-refractivity contribution in [2.75, 3.05) is 28.8 Å². The first-order valence-electron chi connectivity index (χ1n) is 16.0. The molecule has 2 unspecified atom stereocenters. The number of aromatic amines is 1. The van der Waals surface area contributed by atoms with Crippen LogP contribution in [0, 0.1) is 5.53 Å². The number of nitrogens with zero attached hydrogens (tertiary/aromatic N) is 17. The van der Waals surface area contributed by atoms with Gasteiger partial charge >= 0.3 is 0 Å². The Morgan fingerprint density at radius 1 is 1.00 bits per heavy atom. The van der Waals surface area contributed by atoms with Crippen LogP contribution >= 0.6 is 0 Å². The summed E-state index contributed by atoms with van der Waals surface area (Å²) < 4.78 is 2.07. The van der Waals surface area contributed by atoms with E-state index in [4.69, 9.17) is 51.5 Å². The van der Waals surface area contributed by atoms with Crippen molar-refractivity contribution in [1.29, 1.82) is 5.53 Å². The molecule has 31 nitrogen and oxygen atoms in total. The largest absolute Gasteiger partial charge is 0.394 e. The number of nitrogens with one attached hydrogen (secondary N) is 6. The number of hydrogen-bond donors (Lipinski definition) is 14. The maximum atomic E-state index is 7.41. The van der Waals surface area contributed by atoms with E-state index in [0.29, 0.717) is 5.82 Å². The number of nitrogen functional groups attached to an aromatic ring is 2. The van der Waals surface area contributed by atoms with Crippen LogP contribution in [0.4, 0.5) is 23.8 Å². The van der Waals surface area contributed by atoms with Crippen LogP contribution in [-0.4, -0.2) is 109 Å². The zero-order valence-electron chi connectivity index (χ0n) is 30.2. The molecule has 5 heterocycles. The van der Waals surface area contributed by atoms with E-state index in [1.54, 1.807) is 0 Å². The third-order valence-electron chi connectivity index (χ3n) is 7.88. The summed E-state index contributed by atoms with van der Waals surface area (Å²) >= 11 is 0. The third kappa shape index (κ3) is 8.46. The molecule has 0 saturated carbocycles. The first-order valence-corrected chi connectivity index (χ1v) is 16.0. The number of aliphatic imine (C=N–C) groups is 1. The summed E-state index contributed by atoms with van der Waals surface area (Å²) in [6.45, 7) is 7.96. The van der Waals surface area contributed by atoms with Gasteiger partial charge in [-0.2, -0.15) is 40.4 Å². The molecule has 55 heavy (non-hydrogen) atoms. The Bertz CT molecular complexity index is 2100. The Hall–Kier alpha value is -7.83. The van der Waals surface area contributed by atoms with Gasteiger partial charge in [-0.1, -0.05) is 12.1 Å². The number of H-pyrrole nitrogens is 1. The van der Waals surface area contributed by atoms with Gasteiger partial charge in [0, 0.05) is 13.1 Å². The molecule has 2 aliphatic heterocycles. The van der Waals surface area contributed by atoms with E-state index < -0.39 is 6.29 Å². The van der Waals surface area contributed by atoms with Gasteiger partial charge < -0.3 is 45.0 Å². The van der Waals surface area contributed by atoms with Crippen molar-refractivity contribution in [1.82, 2.24) is 70.8 Å². The molecule has 5 rings (SSSR count). The molecule has 0 amide bonds. The first-order chi connectivity index (χ1) is 26.0. The Labute approximate surface area is 311 Å². The van der Waals surface area contributed by atoms with Crippen LogP contribution in [0.5, 0.6) is 0 Å². The van der Waals surface area contributed by atoms with Crippen LogP contribution in [0.2, 0.25) is 0 Å². The SMILES string of the molecule is CCC(C)N(N=N)C1N=C(N/C(N)=N/N=C(\N)n2nc(N(N)/C=C(\N)c3n[nH]c(N/C(N)=N/N=C(\N)n4nc(C5=CC(C)(C)N5C)nc4N)n3)nc2N)NN1. The molecule has 0 bridgehead atoms. The molecule has 3 aromatic heterocycles. The van der Waals surface area contributed by atoms with Gasteiger partial charge in [0.25, 0.3) is 5.95 Å². The molecule has 31 heteroatoms. The summed E-state index contributed by atoms with van der Waals surface area (Å²) in [4.78, 5) is 18.8. The molecule has 22 N–H and O–H groups in total. The zero-order chi connectivity index (χ0) is 40.2. The number of aromatic nitrogens is 9. The van der Waals surface area contributed by atoms with Crippen molar-refractivity contribution in [3.63, 3.8) is 0 Å². The number of hydrogen-bond acceptors (Lipinski definition) is 21. The third-order valence-corrected chi connectivity index (χ3v) is 7.88. The van der Waals surface area contributed by atoms with Gasteiger partial charge in [-0.25, -0.2) is 20.9 Å². The highest BCUT2D eigenvalue weighted by Crippen LogP contribution is 2.36. The number of nitrogens with two attached hydrogens (primary N) is 8. The maximum absolute atomic E-state index is 7.41. The lowest BCUT2D eigenvalue weighted by Crippen LogP contribution is -2.49. The van der Waals surface area contributed by atoms with Gasteiger partial charge in [0.05, 0.1) is 23.1 Å². The molecular weight excluding hydrogens is 722 g/mol. The summed E-state index contributed by atoms with van der Waals surface area (Å²) in [7, 11) is 1.91. The quantitative estimate of drug-likeness (QED) is 0.0286. The average molecular weight is 766 g/mol. The number of hydrazine groups is 2. The molecule has 0 fully saturated rings. The number of likely N-dealkylation sites (N-methyl/N-ethyl adjacent to an activating group) is 1. The summed E-state index contributed by atoms with van der Waals surface area (Å²) in [6.07, 6.45) is 3.31. The smallest absolute Gasteiger partial charge is 0.265 e. The van der Waals surface area contributed by atoms with Gasteiger partial charge in [0.1, 0.15) is 0 Å². The Morgan fingerprint density at radius 3 is 2.25 bits per heavy atom. The molecule has 0 aliphatic carbocycles. The molecule has 3 aromatic rings. The van der Waals surface area contributed by atoms with E-state index in [-0.39, 0.29) is 76.7 Å². The van der Waals surface area contributed by atoms with E-state index in [0.717, 1.165) is 26.5 Å². The predicted octanol–water partition coefficient (Wildman–Crippen LogP) is -4.87. The van der Waals surface area contributed by atoms with E-state index in [1.165, 1.54) is 11.2 Å².